The molecule has 0 aliphatic rings. The second-order valence-electron chi connectivity index (χ2n) is 6.45. The van der Waals surface area contributed by atoms with E-state index >= 15 is 0 Å². The number of carbonyl (C=O) groups excluding carboxylic acids is 1. The highest BCUT2D eigenvalue weighted by Gasteiger charge is 2.20. The average molecular weight is 468 g/mol. The lowest BCUT2D eigenvalue weighted by atomic mass is 9.96. The first kappa shape index (κ1) is 18.2. The predicted octanol–water partition coefficient (Wildman–Crippen LogP) is 5.34. The van der Waals surface area contributed by atoms with Gasteiger partial charge in [-0.05, 0) is 64.8 Å². The first-order chi connectivity index (χ1) is 12.0. The van der Waals surface area contributed by atoms with Gasteiger partial charge in [-0.3, -0.25) is 9.89 Å². The smallest absolute Gasteiger partial charge is 0.251 e. The van der Waals surface area contributed by atoms with E-state index in [0.29, 0.717) is 16.5 Å². The van der Waals surface area contributed by atoms with Crippen molar-refractivity contribution < 1.29 is 4.79 Å². The van der Waals surface area contributed by atoms with Gasteiger partial charge in [0.1, 0.15) is 3.70 Å². The Morgan fingerprint density at radius 1 is 1.28 bits per heavy atom. The molecular formula is C19H19ClIN3O. The summed E-state index contributed by atoms with van der Waals surface area (Å²) in [7, 11) is 0. The minimum Gasteiger partial charge on any atom is -0.345 e. The zero-order valence-electron chi connectivity index (χ0n) is 14.0. The van der Waals surface area contributed by atoms with Crippen LogP contribution >= 0.6 is 34.2 Å². The summed E-state index contributed by atoms with van der Waals surface area (Å²) in [6, 6.07) is 13.1. The summed E-state index contributed by atoms with van der Waals surface area (Å²) in [4.78, 5) is 12.8. The summed E-state index contributed by atoms with van der Waals surface area (Å²) in [6.07, 6.45) is 0.820. The topological polar surface area (TPSA) is 57.8 Å². The third-order valence-corrected chi connectivity index (χ3v) is 5.23. The van der Waals surface area contributed by atoms with Crippen molar-refractivity contribution in [3.8, 4) is 0 Å². The van der Waals surface area contributed by atoms with Gasteiger partial charge in [-0.2, -0.15) is 5.10 Å². The molecule has 0 radical (unpaired) electrons. The largest absolute Gasteiger partial charge is 0.345 e. The Morgan fingerprint density at radius 2 is 2.04 bits per heavy atom. The number of carbonyl (C=O) groups is 1. The molecule has 25 heavy (non-hydrogen) atoms. The number of rotatable bonds is 5. The Kier molecular flexibility index (Phi) is 5.64. The lowest BCUT2D eigenvalue weighted by Crippen LogP contribution is -2.29. The Bertz CT molecular complexity index is 907. The van der Waals surface area contributed by atoms with Crippen molar-refractivity contribution in [2.75, 3.05) is 0 Å². The molecular weight excluding hydrogens is 449 g/mol. The van der Waals surface area contributed by atoms with Gasteiger partial charge >= 0.3 is 0 Å². The SMILES string of the molecule is CC(C)CC(NC(=O)c1ccc2n[nH]c(I)c2c1)c1ccccc1Cl. The maximum Gasteiger partial charge on any atom is 0.251 e. The van der Waals surface area contributed by atoms with Crippen molar-refractivity contribution in [2.45, 2.75) is 26.3 Å². The summed E-state index contributed by atoms with van der Waals surface area (Å²) in [5, 5.41) is 11.9. The molecule has 1 aromatic heterocycles. The molecule has 0 saturated heterocycles. The number of H-pyrrole nitrogens is 1. The van der Waals surface area contributed by atoms with Crippen LogP contribution in [0.5, 0.6) is 0 Å². The van der Waals surface area contributed by atoms with E-state index in [9.17, 15) is 4.79 Å². The highest BCUT2D eigenvalue weighted by molar-refractivity contribution is 14.1. The summed E-state index contributed by atoms with van der Waals surface area (Å²) in [5.74, 6) is 0.323. The van der Waals surface area contributed by atoms with Gasteiger partial charge in [0, 0.05) is 16.0 Å². The zero-order valence-corrected chi connectivity index (χ0v) is 16.9. The Hall–Kier alpha value is -1.60. The number of nitrogens with one attached hydrogen (secondary N) is 2. The van der Waals surface area contributed by atoms with Gasteiger partial charge in [-0.1, -0.05) is 43.6 Å². The molecule has 1 unspecified atom stereocenters. The van der Waals surface area contributed by atoms with E-state index in [0.717, 1.165) is 26.6 Å². The molecule has 1 amide bonds. The molecule has 0 fully saturated rings. The summed E-state index contributed by atoms with van der Waals surface area (Å²) in [6.45, 7) is 4.27. The van der Waals surface area contributed by atoms with E-state index in [-0.39, 0.29) is 11.9 Å². The summed E-state index contributed by atoms with van der Waals surface area (Å²) < 4.78 is 0.923. The van der Waals surface area contributed by atoms with E-state index < -0.39 is 0 Å². The van der Waals surface area contributed by atoms with Gasteiger partial charge in [0.15, 0.2) is 0 Å². The van der Waals surface area contributed by atoms with Crippen molar-refractivity contribution in [1.29, 1.82) is 0 Å². The quantitative estimate of drug-likeness (QED) is 0.498. The molecule has 1 atom stereocenters. The highest BCUT2D eigenvalue weighted by atomic mass is 127. The van der Waals surface area contributed by atoms with Gasteiger partial charge in [0.2, 0.25) is 0 Å². The summed E-state index contributed by atoms with van der Waals surface area (Å²) >= 11 is 8.53. The van der Waals surface area contributed by atoms with Gasteiger partial charge in [0.25, 0.3) is 5.91 Å². The van der Waals surface area contributed by atoms with Crippen LogP contribution in [0, 0.1) is 9.62 Å². The number of fused-ring (bicyclic) bond motifs is 1. The molecule has 0 aliphatic carbocycles. The number of hydrogen-bond donors (Lipinski definition) is 2. The van der Waals surface area contributed by atoms with Crippen molar-refractivity contribution in [2.24, 2.45) is 5.92 Å². The van der Waals surface area contributed by atoms with Crippen molar-refractivity contribution in [1.82, 2.24) is 15.5 Å². The number of nitrogens with zero attached hydrogens (tertiary/aromatic N) is 1. The van der Waals surface area contributed by atoms with E-state index in [1.807, 2.05) is 36.4 Å². The molecule has 3 rings (SSSR count). The molecule has 0 spiro atoms. The average Bonchev–Trinajstić information content (AvgIpc) is 2.95. The van der Waals surface area contributed by atoms with Crippen LogP contribution in [0.1, 0.15) is 42.2 Å². The maximum absolute atomic E-state index is 12.8. The fraction of sp³-hybridized carbons (Fsp3) is 0.263. The highest BCUT2D eigenvalue weighted by Crippen LogP contribution is 2.28. The molecule has 0 bridgehead atoms. The van der Waals surface area contributed by atoms with Crippen LogP contribution < -0.4 is 5.32 Å². The normalized spacial score (nSPS) is 12.5. The number of aromatic nitrogens is 2. The third-order valence-electron chi connectivity index (χ3n) is 4.06. The lowest BCUT2D eigenvalue weighted by molar-refractivity contribution is 0.0932. The molecule has 0 saturated carbocycles. The van der Waals surface area contributed by atoms with Gasteiger partial charge < -0.3 is 5.32 Å². The molecule has 3 aromatic rings. The van der Waals surface area contributed by atoms with Gasteiger partial charge in [-0.15, -0.1) is 0 Å². The van der Waals surface area contributed by atoms with E-state index in [2.05, 4.69) is 52.0 Å². The van der Waals surface area contributed by atoms with Crippen LogP contribution in [-0.2, 0) is 0 Å². The van der Waals surface area contributed by atoms with Gasteiger partial charge in [-0.25, -0.2) is 0 Å². The van der Waals surface area contributed by atoms with Crippen molar-refractivity contribution >= 4 is 51.0 Å². The van der Waals surface area contributed by atoms with Crippen molar-refractivity contribution in [3.05, 3.63) is 62.3 Å². The Morgan fingerprint density at radius 3 is 2.76 bits per heavy atom. The van der Waals surface area contributed by atoms with E-state index in [1.54, 1.807) is 6.07 Å². The standard InChI is InChI=1S/C19H19ClIN3O/c1-11(2)9-17(13-5-3-4-6-15(13)20)22-19(25)12-7-8-16-14(10-12)18(21)24-23-16/h3-8,10-11,17H,9H2,1-2H3,(H,22,25)(H,23,24). The molecule has 2 aromatic carbocycles. The van der Waals surface area contributed by atoms with Crippen LogP contribution in [0.3, 0.4) is 0 Å². The third kappa shape index (κ3) is 4.15. The molecule has 4 nitrogen and oxygen atoms in total. The number of benzene rings is 2. The molecule has 6 heteroatoms. The van der Waals surface area contributed by atoms with E-state index in [1.165, 1.54) is 0 Å². The Balaban J connectivity index is 1.88. The minimum absolute atomic E-state index is 0.107. The molecule has 130 valence electrons. The molecule has 0 aliphatic heterocycles. The van der Waals surface area contributed by atoms with Crippen LogP contribution in [-0.4, -0.2) is 16.1 Å². The minimum atomic E-state index is -0.125. The van der Waals surface area contributed by atoms with Gasteiger partial charge in [0.05, 0.1) is 11.6 Å². The fourth-order valence-electron chi connectivity index (χ4n) is 2.85. The van der Waals surface area contributed by atoms with Crippen LogP contribution in [0.25, 0.3) is 10.9 Å². The number of amides is 1. The second-order valence-corrected chi connectivity index (χ2v) is 7.93. The number of halogens is 2. The maximum atomic E-state index is 12.8. The van der Waals surface area contributed by atoms with Crippen LogP contribution in [0.15, 0.2) is 42.5 Å². The predicted molar refractivity (Wildman–Crippen MR) is 110 cm³/mol. The first-order valence-electron chi connectivity index (χ1n) is 8.14. The Labute approximate surface area is 165 Å². The van der Waals surface area contributed by atoms with Crippen LogP contribution in [0.4, 0.5) is 0 Å². The molecule has 1 heterocycles. The van der Waals surface area contributed by atoms with E-state index in [4.69, 9.17) is 11.6 Å². The monoisotopic (exact) mass is 467 g/mol. The van der Waals surface area contributed by atoms with Crippen molar-refractivity contribution in [3.63, 3.8) is 0 Å². The molecule has 2 N–H and O–H groups in total. The number of hydrogen-bond acceptors (Lipinski definition) is 2. The second kappa shape index (κ2) is 7.74. The fourth-order valence-corrected chi connectivity index (χ4v) is 3.67. The lowest BCUT2D eigenvalue weighted by Gasteiger charge is -2.22. The van der Waals surface area contributed by atoms with Crippen LogP contribution in [0.2, 0.25) is 5.02 Å². The zero-order chi connectivity index (χ0) is 18.0. The number of aromatic amines is 1. The summed E-state index contributed by atoms with van der Waals surface area (Å²) in [5.41, 5.74) is 2.42. The first-order valence-corrected chi connectivity index (χ1v) is 9.60.